The molecule has 0 saturated carbocycles. The first-order valence-electron chi connectivity index (χ1n) is 6.33. The van der Waals surface area contributed by atoms with Crippen molar-refractivity contribution in [2.75, 3.05) is 11.4 Å². The fraction of sp³-hybridized carbons (Fsp3) is 0.188. The number of amides is 1. The Labute approximate surface area is 121 Å². The van der Waals surface area contributed by atoms with Gasteiger partial charge in [0, 0.05) is 22.3 Å². The lowest BCUT2D eigenvalue weighted by Crippen LogP contribution is -2.37. The van der Waals surface area contributed by atoms with Crippen molar-refractivity contribution in [2.45, 2.75) is 13.3 Å². The summed E-state index contributed by atoms with van der Waals surface area (Å²) in [6.07, 6.45) is 0.914. The minimum atomic E-state index is 0.101. The van der Waals surface area contributed by atoms with E-state index in [9.17, 15) is 4.79 Å². The van der Waals surface area contributed by atoms with Crippen LogP contribution in [-0.4, -0.2) is 12.5 Å². The van der Waals surface area contributed by atoms with Crippen molar-refractivity contribution in [3.63, 3.8) is 0 Å². The van der Waals surface area contributed by atoms with Gasteiger partial charge in [0.2, 0.25) is 0 Å². The van der Waals surface area contributed by atoms with Crippen LogP contribution >= 0.6 is 15.9 Å². The van der Waals surface area contributed by atoms with Gasteiger partial charge in [-0.25, -0.2) is 0 Å². The van der Waals surface area contributed by atoms with E-state index in [-0.39, 0.29) is 5.91 Å². The molecule has 0 aromatic heterocycles. The molecule has 0 aliphatic carbocycles. The average Bonchev–Trinajstić information content (AvgIpc) is 2.43. The lowest BCUT2D eigenvalue weighted by molar-refractivity contribution is 0.0980. The Bertz CT molecular complexity index is 651. The molecule has 2 aromatic rings. The number of carbonyl (C=O) groups excluding carboxylic acids is 1. The topological polar surface area (TPSA) is 20.3 Å². The number of carbonyl (C=O) groups is 1. The molecule has 1 aliphatic rings. The van der Waals surface area contributed by atoms with Crippen molar-refractivity contribution in [1.29, 1.82) is 0 Å². The predicted octanol–water partition coefficient (Wildman–Crippen LogP) is 3.96. The van der Waals surface area contributed by atoms with Gasteiger partial charge in [-0.05, 0) is 48.7 Å². The molecular formula is C16H14BrNO. The highest BCUT2D eigenvalue weighted by molar-refractivity contribution is 9.10. The zero-order valence-corrected chi connectivity index (χ0v) is 12.3. The van der Waals surface area contributed by atoms with Crippen LogP contribution in [-0.2, 0) is 6.42 Å². The number of benzene rings is 2. The Morgan fingerprint density at radius 2 is 1.95 bits per heavy atom. The van der Waals surface area contributed by atoms with Gasteiger partial charge in [0.05, 0.1) is 0 Å². The van der Waals surface area contributed by atoms with Crippen molar-refractivity contribution in [2.24, 2.45) is 0 Å². The largest absolute Gasteiger partial charge is 0.308 e. The standard InChI is InChI=1S/C16H14BrNO/c1-11-10-13(6-7-15(11)17)18-9-8-12-4-2-3-5-14(12)16(18)19/h2-7,10H,8-9H2,1H3. The Morgan fingerprint density at radius 3 is 2.74 bits per heavy atom. The Balaban J connectivity index is 2.00. The second-order valence-corrected chi connectivity index (χ2v) is 5.65. The van der Waals surface area contributed by atoms with E-state index in [0.29, 0.717) is 0 Å². The highest BCUT2D eigenvalue weighted by atomic mass is 79.9. The number of nitrogens with zero attached hydrogens (tertiary/aromatic N) is 1. The Kier molecular flexibility index (Phi) is 3.15. The Morgan fingerprint density at radius 1 is 1.16 bits per heavy atom. The van der Waals surface area contributed by atoms with Gasteiger partial charge in [-0.2, -0.15) is 0 Å². The van der Waals surface area contributed by atoms with Crippen LogP contribution in [0, 0.1) is 6.92 Å². The summed E-state index contributed by atoms with van der Waals surface area (Å²) in [7, 11) is 0. The second kappa shape index (κ2) is 4.82. The summed E-state index contributed by atoms with van der Waals surface area (Å²) in [6.45, 7) is 2.78. The van der Waals surface area contributed by atoms with Crippen molar-refractivity contribution in [1.82, 2.24) is 0 Å². The summed E-state index contributed by atoms with van der Waals surface area (Å²) >= 11 is 3.49. The molecule has 3 heteroatoms. The first-order valence-corrected chi connectivity index (χ1v) is 7.12. The number of rotatable bonds is 1. The summed E-state index contributed by atoms with van der Waals surface area (Å²) in [4.78, 5) is 14.4. The molecule has 0 saturated heterocycles. The minimum absolute atomic E-state index is 0.101. The molecule has 1 heterocycles. The van der Waals surface area contributed by atoms with E-state index in [1.807, 2.05) is 48.2 Å². The van der Waals surface area contributed by atoms with Crippen molar-refractivity contribution in [3.8, 4) is 0 Å². The van der Waals surface area contributed by atoms with E-state index < -0.39 is 0 Å². The molecular weight excluding hydrogens is 302 g/mol. The van der Waals surface area contributed by atoms with E-state index in [2.05, 4.69) is 22.0 Å². The fourth-order valence-electron chi connectivity index (χ4n) is 2.47. The molecule has 0 N–H and O–H groups in total. The van der Waals surface area contributed by atoms with Gasteiger partial charge < -0.3 is 4.90 Å². The molecule has 0 spiro atoms. The van der Waals surface area contributed by atoms with Crippen molar-refractivity contribution >= 4 is 27.5 Å². The van der Waals surface area contributed by atoms with Crippen molar-refractivity contribution in [3.05, 3.63) is 63.6 Å². The summed E-state index contributed by atoms with van der Waals surface area (Å²) in [5, 5.41) is 0. The zero-order chi connectivity index (χ0) is 13.4. The quantitative estimate of drug-likeness (QED) is 0.780. The van der Waals surface area contributed by atoms with E-state index >= 15 is 0 Å². The van der Waals surface area contributed by atoms with Gasteiger partial charge in [-0.1, -0.05) is 34.1 Å². The lowest BCUT2D eigenvalue weighted by Gasteiger charge is -2.29. The SMILES string of the molecule is Cc1cc(N2CCc3ccccc3C2=O)ccc1Br. The maximum absolute atomic E-state index is 12.5. The van der Waals surface area contributed by atoms with E-state index in [1.54, 1.807) is 0 Å². The zero-order valence-electron chi connectivity index (χ0n) is 10.7. The Hall–Kier alpha value is -1.61. The van der Waals surface area contributed by atoms with E-state index in [4.69, 9.17) is 0 Å². The summed E-state index contributed by atoms with van der Waals surface area (Å²) in [5.41, 5.74) is 4.09. The van der Waals surface area contributed by atoms with Crippen LogP contribution in [0.3, 0.4) is 0 Å². The first-order chi connectivity index (χ1) is 9.16. The molecule has 0 radical (unpaired) electrons. The van der Waals surface area contributed by atoms with Crippen LogP contribution in [0.5, 0.6) is 0 Å². The summed E-state index contributed by atoms with van der Waals surface area (Å²) < 4.78 is 1.07. The average molecular weight is 316 g/mol. The molecule has 2 nitrogen and oxygen atoms in total. The monoisotopic (exact) mass is 315 g/mol. The van der Waals surface area contributed by atoms with Crippen LogP contribution in [0.15, 0.2) is 46.9 Å². The molecule has 1 aliphatic heterocycles. The molecule has 2 aromatic carbocycles. The molecule has 3 rings (SSSR count). The number of anilines is 1. The van der Waals surface area contributed by atoms with E-state index in [1.165, 1.54) is 0 Å². The number of aryl methyl sites for hydroxylation is 1. The molecule has 96 valence electrons. The van der Waals surface area contributed by atoms with Crippen LogP contribution in [0.2, 0.25) is 0 Å². The maximum Gasteiger partial charge on any atom is 0.258 e. The number of halogens is 1. The molecule has 0 fully saturated rings. The lowest BCUT2D eigenvalue weighted by atomic mass is 9.98. The van der Waals surface area contributed by atoms with Gasteiger partial charge in [-0.3, -0.25) is 4.79 Å². The highest BCUT2D eigenvalue weighted by Gasteiger charge is 2.24. The third kappa shape index (κ3) is 2.19. The second-order valence-electron chi connectivity index (χ2n) is 4.80. The number of hydrogen-bond donors (Lipinski definition) is 0. The first kappa shape index (κ1) is 12.4. The number of hydrogen-bond acceptors (Lipinski definition) is 1. The van der Waals surface area contributed by atoms with Gasteiger partial charge in [-0.15, -0.1) is 0 Å². The van der Waals surface area contributed by atoms with Gasteiger partial charge in [0.15, 0.2) is 0 Å². The van der Waals surface area contributed by atoms with Crippen LogP contribution < -0.4 is 4.90 Å². The normalized spacial score (nSPS) is 14.4. The van der Waals surface area contributed by atoms with Crippen LogP contribution in [0.4, 0.5) is 5.69 Å². The third-order valence-electron chi connectivity index (χ3n) is 3.55. The molecule has 19 heavy (non-hydrogen) atoms. The molecule has 0 unspecified atom stereocenters. The van der Waals surface area contributed by atoms with Crippen LogP contribution in [0.1, 0.15) is 21.5 Å². The van der Waals surface area contributed by atoms with Crippen molar-refractivity contribution < 1.29 is 4.79 Å². The fourth-order valence-corrected chi connectivity index (χ4v) is 2.72. The summed E-state index contributed by atoms with van der Waals surface area (Å²) in [6, 6.07) is 13.9. The summed E-state index contributed by atoms with van der Waals surface area (Å²) in [5.74, 6) is 0.101. The van der Waals surface area contributed by atoms with E-state index in [0.717, 1.165) is 39.8 Å². The highest BCUT2D eigenvalue weighted by Crippen LogP contribution is 2.27. The molecule has 1 amide bonds. The number of fused-ring (bicyclic) bond motifs is 1. The van der Waals surface area contributed by atoms with Gasteiger partial charge >= 0.3 is 0 Å². The van der Waals surface area contributed by atoms with Gasteiger partial charge in [0.25, 0.3) is 5.91 Å². The maximum atomic E-state index is 12.5. The molecule has 0 atom stereocenters. The van der Waals surface area contributed by atoms with Gasteiger partial charge in [0.1, 0.15) is 0 Å². The smallest absolute Gasteiger partial charge is 0.258 e. The predicted molar refractivity (Wildman–Crippen MR) is 80.7 cm³/mol. The molecule has 0 bridgehead atoms. The third-order valence-corrected chi connectivity index (χ3v) is 4.44. The van der Waals surface area contributed by atoms with Crippen LogP contribution in [0.25, 0.3) is 0 Å². The minimum Gasteiger partial charge on any atom is -0.308 e.